The molecule has 6 nitrogen and oxygen atoms in total. The molecule has 1 aromatic heterocycles. The molecule has 32 heavy (non-hydrogen) atoms. The van der Waals surface area contributed by atoms with E-state index in [0.717, 1.165) is 5.56 Å². The number of halogens is 2. The number of aryl methyl sites for hydroxylation is 1. The summed E-state index contributed by atoms with van der Waals surface area (Å²) >= 11 is 12.4. The quantitative estimate of drug-likeness (QED) is 0.274. The molecular formula is C24H17Cl2N3O3. The first kappa shape index (κ1) is 21.7. The van der Waals surface area contributed by atoms with Crippen molar-refractivity contribution in [2.24, 2.45) is 0 Å². The molecular weight excluding hydrogens is 449 g/mol. The van der Waals surface area contributed by atoms with Crippen LogP contribution in [-0.4, -0.2) is 33.1 Å². The fourth-order valence-electron chi connectivity index (χ4n) is 3.01. The molecule has 160 valence electrons. The number of Topliss-reactive ketones (excluding diaryl/α,β-unsaturated/α-hetero) is 1. The smallest absolute Gasteiger partial charge is 0.378 e. The zero-order valence-corrected chi connectivity index (χ0v) is 18.5. The van der Waals surface area contributed by atoms with Gasteiger partial charge in [-0.15, -0.1) is 5.10 Å². The molecule has 1 heterocycles. The van der Waals surface area contributed by atoms with Gasteiger partial charge in [-0.1, -0.05) is 71.7 Å². The van der Waals surface area contributed by atoms with E-state index in [9.17, 15) is 9.59 Å². The fourth-order valence-corrected chi connectivity index (χ4v) is 3.37. The molecule has 0 N–H and O–H groups in total. The van der Waals surface area contributed by atoms with Gasteiger partial charge in [0.05, 0.1) is 5.69 Å². The van der Waals surface area contributed by atoms with Crippen molar-refractivity contribution >= 4 is 35.0 Å². The zero-order chi connectivity index (χ0) is 22.7. The Morgan fingerprint density at radius 1 is 0.969 bits per heavy atom. The minimum atomic E-state index is -0.811. The maximum atomic E-state index is 12.6. The summed E-state index contributed by atoms with van der Waals surface area (Å²) in [4.78, 5) is 29.2. The van der Waals surface area contributed by atoms with E-state index in [1.54, 1.807) is 60.7 Å². The van der Waals surface area contributed by atoms with Crippen LogP contribution in [0.3, 0.4) is 0 Å². The van der Waals surface area contributed by atoms with Crippen molar-refractivity contribution in [2.75, 3.05) is 6.61 Å². The number of esters is 1. The van der Waals surface area contributed by atoms with E-state index in [4.69, 9.17) is 27.9 Å². The standard InChI is InChI=1S/C24H17Cl2N3O3/c1-15-10-11-19(13-20(15)26)29-23(17-8-5-9-18(25)12-17)27-22(28-29)24(31)32-14-21(30)16-6-3-2-4-7-16/h2-13H,14H2,1H3. The van der Waals surface area contributed by atoms with Crippen molar-refractivity contribution < 1.29 is 14.3 Å². The fraction of sp³-hybridized carbons (Fsp3) is 0.0833. The van der Waals surface area contributed by atoms with E-state index in [2.05, 4.69) is 10.1 Å². The van der Waals surface area contributed by atoms with Crippen molar-refractivity contribution in [3.63, 3.8) is 0 Å². The number of rotatable bonds is 6. The summed E-state index contributed by atoms with van der Waals surface area (Å²) in [7, 11) is 0. The van der Waals surface area contributed by atoms with Crippen LogP contribution in [0.25, 0.3) is 17.1 Å². The van der Waals surface area contributed by atoms with Crippen molar-refractivity contribution in [3.05, 3.63) is 99.8 Å². The van der Waals surface area contributed by atoms with Crippen LogP contribution in [0.15, 0.2) is 72.8 Å². The summed E-state index contributed by atoms with van der Waals surface area (Å²) in [5.41, 5.74) is 2.62. The molecule has 0 unspecified atom stereocenters. The Kier molecular flexibility index (Phi) is 6.35. The first-order chi connectivity index (χ1) is 15.4. The molecule has 0 saturated carbocycles. The number of aromatic nitrogens is 3. The van der Waals surface area contributed by atoms with E-state index in [1.165, 1.54) is 4.68 Å². The third-order valence-electron chi connectivity index (χ3n) is 4.70. The Labute approximate surface area is 194 Å². The average molecular weight is 466 g/mol. The van der Waals surface area contributed by atoms with Crippen molar-refractivity contribution in [3.8, 4) is 17.1 Å². The minimum absolute atomic E-state index is 0.183. The number of carbonyl (C=O) groups excluding carboxylic acids is 2. The van der Waals surface area contributed by atoms with Crippen LogP contribution in [0.1, 0.15) is 26.5 Å². The Hall–Kier alpha value is -3.48. The van der Waals surface area contributed by atoms with Crippen molar-refractivity contribution in [2.45, 2.75) is 6.92 Å². The molecule has 0 spiro atoms. The van der Waals surface area contributed by atoms with Crippen LogP contribution < -0.4 is 0 Å². The molecule has 0 atom stereocenters. The van der Waals surface area contributed by atoms with E-state index < -0.39 is 12.6 Å². The van der Waals surface area contributed by atoms with Crippen molar-refractivity contribution in [1.82, 2.24) is 14.8 Å². The van der Waals surface area contributed by atoms with E-state index in [0.29, 0.717) is 32.7 Å². The largest absolute Gasteiger partial charge is 0.451 e. The molecule has 4 aromatic rings. The van der Waals surface area contributed by atoms with Crippen LogP contribution in [0, 0.1) is 6.92 Å². The molecule has 0 saturated heterocycles. The van der Waals surface area contributed by atoms with Gasteiger partial charge in [-0.2, -0.15) is 0 Å². The second kappa shape index (κ2) is 9.34. The van der Waals surface area contributed by atoms with Gasteiger partial charge in [0, 0.05) is 21.2 Å². The van der Waals surface area contributed by atoms with E-state index >= 15 is 0 Å². The van der Waals surface area contributed by atoms with Gasteiger partial charge in [-0.05, 0) is 36.8 Å². The SMILES string of the molecule is Cc1ccc(-n2nc(C(=O)OCC(=O)c3ccccc3)nc2-c2cccc(Cl)c2)cc1Cl. The third-order valence-corrected chi connectivity index (χ3v) is 5.34. The lowest BCUT2D eigenvalue weighted by molar-refractivity contribution is 0.0462. The van der Waals surface area contributed by atoms with Gasteiger partial charge in [0.1, 0.15) is 0 Å². The molecule has 0 aliphatic rings. The topological polar surface area (TPSA) is 74.1 Å². The summed E-state index contributed by atoms with van der Waals surface area (Å²) in [5, 5.41) is 5.39. The van der Waals surface area contributed by atoms with Gasteiger partial charge in [-0.25, -0.2) is 14.5 Å². The van der Waals surface area contributed by atoms with Gasteiger partial charge < -0.3 is 4.74 Å². The second-order valence-electron chi connectivity index (χ2n) is 6.98. The predicted molar refractivity (Wildman–Crippen MR) is 123 cm³/mol. The Bertz CT molecular complexity index is 1300. The van der Waals surface area contributed by atoms with Crippen LogP contribution >= 0.6 is 23.2 Å². The molecule has 0 bridgehead atoms. The van der Waals surface area contributed by atoms with Gasteiger partial charge >= 0.3 is 5.97 Å². The maximum Gasteiger partial charge on any atom is 0.378 e. The summed E-state index contributed by atoms with van der Waals surface area (Å²) in [6.07, 6.45) is 0. The lowest BCUT2D eigenvalue weighted by Crippen LogP contribution is -2.15. The molecule has 0 fully saturated rings. The first-order valence-corrected chi connectivity index (χ1v) is 10.4. The number of ether oxygens (including phenoxy) is 1. The number of carbonyl (C=O) groups is 2. The molecule has 0 radical (unpaired) electrons. The molecule has 3 aromatic carbocycles. The van der Waals surface area contributed by atoms with Gasteiger partial charge in [0.15, 0.2) is 18.2 Å². The maximum absolute atomic E-state index is 12.6. The van der Waals surface area contributed by atoms with E-state index in [1.807, 2.05) is 19.1 Å². The van der Waals surface area contributed by atoms with Crippen LogP contribution in [0.2, 0.25) is 10.0 Å². The summed E-state index contributed by atoms with van der Waals surface area (Å²) < 4.78 is 6.66. The monoisotopic (exact) mass is 465 g/mol. The highest BCUT2D eigenvalue weighted by atomic mass is 35.5. The Morgan fingerprint density at radius 2 is 1.75 bits per heavy atom. The highest BCUT2D eigenvalue weighted by molar-refractivity contribution is 6.31. The van der Waals surface area contributed by atoms with Gasteiger partial charge in [-0.3, -0.25) is 4.79 Å². The number of hydrogen-bond acceptors (Lipinski definition) is 5. The zero-order valence-electron chi connectivity index (χ0n) is 17.0. The third kappa shape index (κ3) is 4.72. The molecule has 0 aliphatic heterocycles. The summed E-state index contributed by atoms with van der Waals surface area (Å²) in [6, 6.07) is 21.0. The van der Waals surface area contributed by atoms with Gasteiger partial charge in [0.2, 0.25) is 0 Å². The average Bonchev–Trinajstić information content (AvgIpc) is 3.25. The van der Waals surface area contributed by atoms with Crippen molar-refractivity contribution in [1.29, 1.82) is 0 Å². The normalized spacial score (nSPS) is 10.7. The van der Waals surface area contributed by atoms with Crippen LogP contribution in [0.4, 0.5) is 0 Å². The first-order valence-electron chi connectivity index (χ1n) is 9.67. The molecule has 0 aliphatic carbocycles. The molecule has 4 rings (SSSR count). The number of hydrogen-bond donors (Lipinski definition) is 0. The van der Waals surface area contributed by atoms with Crippen LogP contribution in [-0.2, 0) is 4.74 Å². The van der Waals surface area contributed by atoms with Gasteiger partial charge in [0.25, 0.3) is 5.82 Å². The molecule has 0 amide bonds. The Morgan fingerprint density at radius 3 is 2.47 bits per heavy atom. The lowest BCUT2D eigenvalue weighted by Gasteiger charge is -2.08. The van der Waals surface area contributed by atoms with Crippen LogP contribution in [0.5, 0.6) is 0 Å². The minimum Gasteiger partial charge on any atom is -0.451 e. The number of nitrogens with zero attached hydrogens (tertiary/aromatic N) is 3. The second-order valence-corrected chi connectivity index (χ2v) is 7.82. The number of ketones is 1. The summed E-state index contributed by atoms with van der Waals surface area (Å²) in [5.74, 6) is -0.931. The Balaban J connectivity index is 1.66. The lowest BCUT2D eigenvalue weighted by atomic mass is 10.1. The highest BCUT2D eigenvalue weighted by Gasteiger charge is 2.21. The molecule has 8 heteroatoms. The summed E-state index contributed by atoms with van der Waals surface area (Å²) in [6.45, 7) is 1.47. The number of benzene rings is 3. The van der Waals surface area contributed by atoms with E-state index in [-0.39, 0.29) is 11.6 Å². The predicted octanol–water partition coefficient (Wildman–Crippen LogP) is 5.59. The highest BCUT2D eigenvalue weighted by Crippen LogP contribution is 2.26.